The van der Waals surface area contributed by atoms with Crippen LogP contribution >= 0.6 is 23.4 Å². The van der Waals surface area contributed by atoms with Crippen LogP contribution in [-0.2, 0) is 4.79 Å². The van der Waals surface area contributed by atoms with Crippen LogP contribution < -0.4 is 14.9 Å². The minimum atomic E-state index is -0.327. The van der Waals surface area contributed by atoms with Gasteiger partial charge in [0.25, 0.3) is 5.91 Å². The Morgan fingerprint density at radius 3 is 2.78 bits per heavy atom. The summed E-state index contributed by atoms with van der Waals surface area (Å²) in [6.45, 7) is 1.33. The third kappa shape index (κ3) is 5.04. The molecule has 0 radical (unpaired) electrons. The zero-order chi connectivity index (χ0) is 22.5. The minimum Gasteiger partial charge on any atom is -0.494 e. The molecule has 0 bridgehead atoms. The van der Waals surface area contributed by atoms with Crippen LogP contribution in [-0.4, -0.2) is 52.9 Å². The predicted molar refractivity (Wildman–Crippen MR) is 122 cm³/mol. The Balaban J connectivity index is 1.69. The van der Waals surface area contributed by atoms with E-state index in [-0.39, 0.29) is 30.7 Å². The van der Waals surface area contributed by atoms with Crippen LogP contribution in [0, 0.1) is 0 Å². The maximum atomic E-state index is 12.9. The van der Waals surface area contributed by atoms with Gasteiger partial charge >= 0.3 is 0 Å². The third-order valence-corrected chi connectivity index (χ3v) is 5.31. The van der Waals surface area contributed by atoms with Crippen molar-refractivity contribution in [2.24, 2.45) is 0 Å². The second-order valence-electron chi connectivity index (χ2n) is 7.18. The van der Waals surface area contributed by atoms with Crippen molar-refractivity contribution in [2.45, 2.75) is 6.42 Å². The second kappa shape index (κ2) is 10.0. The fraction of sp³-hybridized carbons (Fsp3) is 0.227. The molecule has 0 aliphatic carbocycles. The van der Waals surface area contributed by atoms with Crippen molar-refractivity contribution in [3.63, 3.8) is 0 Å². The van der Waals surface area contributed by atoms with Crippen LogP contribution in [0.1, 0.15) is 16.9 Å². The van der Waals surface area contributed by atoms with E-state index in [4.69, 9.17) is 28.1 Å². The number of aromatic nitrogens is 2. The zero-order valence-electron chi connectivity index (χ0n) is 17.1. The largest absolute Gasteiger partial charge is 0.494 e. The molecule has 1 aliphatic rings. The summed E-state index contributed by atoms with van der Waals surface area (Å²) < 4.78 is 7.48. The molecule has 1 saturated heterocycles. The molecular weight excluding hydrogens is 453 g/mol. The fourth-order valence-electron chi connectivity index (χ4n) is 3.34. The number of hydrogen-bond acceptors (Lipinski definition) is 5. The highest BCUT2D eigenvalue weighted by atomic mass is 35.5. The molecule has 0 spiro atoms. The Morgan fingerprint density at radius 2 is 2.03 bits per heavy atom. The Labute approximate surface area is 195 Å². The van der Waals surface area contributed by atoms with Crippen molar-refractivity contribution in [1.29, 1.82) is 0 Å². The molecule has 2 N–H and O–H groups in total. The van der Waals surface area contributed by atoms with Gasteiger partial charge in [-0.2, -0.15) is 5.10 Å². The first-order valence-corrected chi connectivity index (χ1v) is 10.8. The molecule has 10 heteroatoms. The summed E-state index contributed by atoms with van der Waals surface area (Å²) in [7, 11) is 0. The Hall–Kier alpha value is -3.07. The maximum Gasteiger partial charge on any atom is 0.276 e. The van der Waals surface area contributed by atoms with Crippen molar-refractivity contribution < 1.29 is 14.3 Å². The first-order chi connectivity index (χ1) is 15.5. The molecule has 2 aromatic carbocycles. The first kappa shape index (κ1) is 22.1. The maximum absolute atomic E-state index is 12.9. The fourth-order valence-corrected chi connectivity index (χ4v) is 3.66. The molecule has 32 heavy (non-hydrogen) atoms. The summed E-state index contributed by atoms with van der Waals surface area (Å²) >= 11 is 11.7. The lowest BCUT2D eigenvalue weighted by atomic mass is 10.1. The molecule has 3 aromatic rings. The average molecular weight is 474 g/mol. The molecular formula is C22H21Cl2N5O3. The Morgan fingerprint density at radius 1 is 1.19 bits per heavy atom. The number of carbonyl (C=O) groups is 2. The standard InChI is InChI=1S/C22H21Cl2N5O3/c23-16-5-2-6-17(11-16)29-20(12-19(27-29)22(31)28-13-21(30)25-14-28)15-4-1-7-18(10-15)32-9-3-8-26-24/h1-2,4-7,10-12,26H,3,8-9,13-14H2,(H,25,30). The van der Waals surface area contributed by atoms with Gasteiger partial charge in [-0.1, -0.05) is 29.8 Å². The van der Waals surface area contributed by atoms with Crippen LogP contribution in [0.4, 0.5) is 0 Å². The predicted octanol–water partition coefficient (Wildman–Crippen LogP) is 3.23. The van der Waals surface area contributed by atoms with Crippen LogP contribution in [0.25, 0.3) is 16.9 Å². The number of halogens is 2. The summed E-state index contributed by atoms with van der Waals surface area (Å²) in [5, 5.41) is 7.73. The quantitative estimate of drug-likeness (QED) is 0.387. The van der Waals surface area contributed by atoms with Gasteiger partial charge in [0.15, 0.2) is 5.69 Å². The lowest BCUT2D eigenvalue weighted by molar-refractivity contribution is -0.118. The number of benzene rings is 2. The van der Waals surface area contributed by atoms with Gasteiger partial charge in [-0.3, -0.25) is 9.59 Å². The summed E-state index contributed by atoms with van der Waals surface area (Å²) in [4.78, 5) is 28.5. The van der Waals surface area contributed by atoms with E-state index in [0.717, 1.165) is 12.0 Å². The Kier molecular flexibility index (Phi) is 6.94. The van der Waals surface area contributed by atoms with Crippen molar-refractivity contribution in [1.82, 2.24) is 24.8 Å². The van der Waals surface area contributed by atoms with Crippen molar-refractivity contribution in [3.05, 3.63) is 65.3 Å². The van der Waals surface area contributed by atoms with Crippen LogP contribution in [0.2, 0.25) is 5.02 Å². The van der Waals surface area contributed by atoms with Gasteiger partial charge < -0.3 is 15.0 Å². The van der Waals surface area contributed by atoms with Gasteiger partial charge in [-0.05, 0) is 54.6 Å². The molecule has 0 atom stereocenters. The molecule has 2 heterocycles. The molecule has 0 unspecified atom stereocenters. The molecule has 2 amide bonds. The number of nitrogens with one attached hydrogen (secondary N) is 2. The highest BCUT2D eigenvalue weighted by molar-refractivity contribution is 6.30. The number of amides is 2. The van der Waals surface area contributed by atoms with Crippen molar-refractivity contribution >= 4 is 35.2 Å². The smallest absolute Gasteiger partial charge is 0.276 e. The third-order valence-electron chi connectivity index (χ3n) is 4.88. The summed E-state index contributed by atoms with van der Waals surface area (Å²) in [5.74, 6) is 0.173. The number of hydrogen-bond donors (Lipinski definition) is 2. The molecule has 8 nitrogen and oxygen atoms in total. The SMILES string of the molecule is O=C1CN(C(=O)c2cc(-c3cccc(OCCCNCl)c3)n(-c3cccc(Cl)c3)n2)CN1. The summed E-state index contributed by atoms with van der Waals surface area (Å²) in [5.41, 5.74) is 2.46. The normalized spacial score (nSPS) is 13.3. The Bertz CT molecular complexity index is 1130. The molecule has 1 aliphatic heterocycles. The zero-order valence-corrected chi connectivity index (χ0v) is 18.6. The highest BCUT2D eigenvalue weighted by Crippen LogP contribution is 2.28. The minimum absolute atomic E-state index is 0.0126. The van der Waals surface area contributed by atoms with Gasteiger partial charge in [0.2, 0.25) is 5.91 Å². The monoisotopic (exact) mass is 473 g/mol. The van der Waals surface area contributed by atoms with Crippen LogP contribution in [0.3, 0.4) is 0 Å². The first-order valence-electron chi connectivity index (χ1n) is 10.0. The van der Waals surface area contributed by atoms with Crippen molar-refractivity contribution in [2.75, 3.05) is 26.4 Å². The van der Waals surface area contributed by atoms with Gasteiger partial charge in [0.05, 0.1) is 24.7 Å². The average Bonchev–Trinajstić information content (AvgIpc) is 3.43. The van der Waals surface area contributed by atoms with E-state index in [1.54, 1.807) is 22.9 Å². The molecule has 1 aromatic heterocycles. The van der Waals surface area contributed by atoms with Gasteiger partial charge in [0, 0.05) is 17.1 Å². The lowest BCUT2D eigenvalue weighted by Crippen LogP contribution is -2.30. The van der Waals surface area contributed by atoms with Gasteiger partial charge in [-0.25, -0.2) is 9.52 Å². The van der Waals surface area contributed by atoms with Crippen LogP contribution in [0.15, 0.2) is 54.6 Å². The van der Waals surface area contributed by atoms with E-state index in [1.165, 1.54) is 4.90 Å². The highest BCUT2D eigenvalue weighted by Gasteiger charge is 2.27. The summed E-state index contributed by atoms with van der Waals surface area (Å²) in [6.07, 6.45) is 0.759. The lowest BCUT2D eigenvalue weighted by Gasteiger charge is -2.11. The number of rotatable bonds is 8. The van der Waals surface area contributed by atoms with Crippen molar-refractivity contribution in [3.8, 4) is 22.7 Å². The van der Waals surface area contributed by atoms with Gasteiger partial charge in [-0.15, -0.1) is 0 Å². The second-order valence-corrected chi connectivity index (χ2v) is 7.88. The number of carbonyl (C=O) groups excluding carboxylic acids is 2. The van der Waals surface area contributed by atoms with E-state index in [0.29, 0.717) is 35.3 Å². The van der Waals surface area contributed by atoms with Crippen LogP contribution in [0.5, 0.6) is 5.75 Å². The number of nitrogens with zero attached hydrogens (tertiary/aromatic N) is 3. The van der Waals surface area contributed by atoms with E-state index < -0.39 is 0 Å². The molecule has 0 saturated carbocycles. The number of ether oxygens (including phenoxy) is 1. The molecule has 4 rings (SSSR count). The van der Waals surface area contributed by atoms with E-state index in [9.17, 15) is 9.59 Å². The summed E-state index contributed by atoms with van der Waals surface area (Å²) in [6, 6.07) is 16.5. The molecule has 1 fully saturated rings. The van der Waals surface area contributed by atoms with E-state index >= 15 is 0 Å². The molecule has 166 valence electrons. The van der Waals surface area contributed by atoms with E-state index in [2.05, 4.69) is 15.3 Å². The van der Waals surface area contributed by atoms with E-state index in [1.807, 2.05) is 36.4 Å². The van der Waals surface area contributed by atoms with Gasteiger partial charge in [0.1, 0.15) is 12.3 Å². The topological polar surface area (TPSA) is 88.5 Å².